The van der Waals surface area contributed by atoms with E-state index in [9.17, 15) is 18.4 Å². The van der Waals surface area contributed by atoms with Crippen LogP contribution in [0.4, 0.5) is 8.78 Å². The highest BCUT2D eigenvalue weighted by Gasteiger charge is 2.25. The van der Waals surface area contributed by atoms with Crippen LogP contribution in [0.1, 0.15) is 38.5 Å². The van der Waals surface area contributed by atoms with Gasteiger partial charge in [0.1, 0.15) is 0 Å². The Kier molecular flexibility index (Phi) is 5.06. The minimum absolute atomic E-state index is 0.0611. The van der Waals surface area contributed by atoms with Crippen LogP contribution in [0.15, 0.2) is 24.3 Å². The van der Waals surface area contributed by atoms with Crippen molar-refractivity contribution in [2.45, 2.75) is 20.3 Å². The third-order valence-electron chi connectivity index (χ3n) is 4.62. The molecule has 0 spiro atoms. The molecule has 0 radical (unpaired) electrons. The lowest BCUT2D eigenvalue weighted by Gasteiger charge is -2.22. The lowest BCUT2D eigenvalue weighted by atomic mass is 10.2. The number of H-pyrrole nitrogens is 1. The maximum Gasteiger partial charge on any atom is 0.255 e. The Hall–Kier alpha value is -2.70. The second-order valence-corrected chi connectivity index (χ2v) is 6.56. The first-order valence-corrected chi connectivity index (χ1v) is 8.56. The van der Waals surface area contributed by atoms with Crippen molar-refractivity contribution in [3.8, 4) is 0 Å². The van der Waals surface area contributed by atoms with Crippen LogP contribution in [0, 0.1) is 25.5 Å². The van der Waals surface area contributed by atoms with Crippen molar-refractivity contribution in [2.24, 2.45) is 0 Å². The first kappa shape index (κ1) is 18.1. The smallest absolute Gasteiger partial charge is 0.255 e. The van der Waals surface area contributed by atoms with E-state index in [1.165, 1.54) is 6.07 Å². The zero-order valence-electron chi connectivity index (χ0n) is 14.8. The lowest BCUT2D eigenvalue weighted by molar-refractivity contribution is 0.0718. The molecule has 1 aromatic heterocycles. The van der Waals surface area contributed by atoms with Gasteiger partial charge in [-0.2, -0.15) is 0 Å². The molecule has 2 aromatic rings. The van der Waals surface area contributed by atoms with E-state index in [1.54, 1.807) is 9.80 Å². The normalized spacial score (nSPS) is 15.1. The number of aromatic nitrogens is 1. The molecule has 0 unspecified atom stereocenters. The molecule has 2 heterocycles. The second-order valence-electron chi connectivity index (χ2n) is 6.56. The summed E-state index contributed by atoms with van der Waals surface area (Å²) in [6, 6.07) is 4.97. The van der Waals surface area contributed by atoms with Crippen molar-refractivity contribution in [3.63, 3.8) is 0 Å². The fraction of sp³-hybridized carbons (Fsp3) is 0.368. The van der Waals surface area contributed by atoms with Crippen molar-refractivity contribution in [1.29, 1.82) is 0 Å². The van der Waals surface area contributed by atoms with Crippen LogP contribution in [0.2, 0.25) is 0 Å². The Labute approximate surface area is 150 Å². The highest BCUT2D eigenvalue weighted by molar-refractivity contribution is 5.96. The average molecular weight is 361 g/mol. The molecule has 7 heteroatoms. The number of nitrogens with zero attached hydrogens (tertiary/aromatic N) is 2. The van der Waals surface area contributed by atoms with Crippen LogP contribution in [-0.4, -0.2) is 52.8 Å². The summed E-state index contributed by atoms with van der Waals surface area (Å²) in [6.07, 6.45) is 0.629. The number of carbonyl (C=O) groups is 2. The summed E-state index contributed by atoms with van der Waals surface area (Å²) in [5.41, 5.74) is 2.51. The fourth-order valence-electron chi connectivity index (χ4n) is 3.25. The monoisotopic (exact) mass is 361 g/mol. The van der Waals surface area contributed by atoms with E-state index in [2.05, 4.69) is 4.98 Å². The summed E-state index contributed by atoms with van der Waals surface area (Å²) in [5, 5.41) is 0. The zero-order valence-corrected chi connectivity index (χ0v) is 14.8. The van der Waals surface area contributed by atoms with Crippen molar-refractivity contribution < 1.29 is 18.4 Å². The fourth-order valence-corrected chi connectivity index (χ4v) is 3.25. The van der Waals surface area contributed by atoms with Crippen molar-refractivity contribution in [3.05, 3.63) is 58.4 Å². The van der Waals surface area contributed by atoms with Gasteiger partial charge in [-0.05, 0) is 44.5 Å². The molecule has 3 rings (SSSR count). The quantitative estimate of drug-likeness (QED) is 0.894. The number of hydrogen-bond acceptors (Lipinski definition) is 2. The first-order valence-electron chi connectivity index (χ1n) is 8.56. The Morgan fingerprint density at radius 2 is 1.58 bits per heavy atom. The van der Waals surface area contributed by atoms with E-state index in [0.717, 1.165) is 23.5 Å². The van der Waals surface area contributed by atoms with Crippen LogP contribution < -0.4 is 0 Å². The second kappa shape index (κ2) is 7.27. The number of benzene rings is 1. The predicted molar refractivity (Wildman–Crippen MR) is 93.0 cm³/mol. The van der Waals surface area contributed by atoms with E-state index < -0.39 is 11.6 Å². The van der Waals surface area contributed by atoms with Gasteiger partial charge in [0, 0.05) is 43.1 Å². The Morgan fingerprint density at radius 1 is 0.923 bits per heavy atom. The molecule has 0 atom stereocenters. The third-order valence-corrected chi connectivity index (χ3v) is 4.62. The van der Waals surface area contributed by atoms with E-state index >= 15 is 0 Å². The molecule has 1 saturated heterocycles. The van der Waals surface area contributed by atoms with E-state index in [1.807, 2.05) is 19.9 Å². The van der Waals surface area contributed by atoms with Crippen molar-refractivity contribution in [1.82, 2.24) is 14.8 Å². The SMILES string of the molecule is Cc1cc(C(=O)N2CCCN(C(=O)c3ccc(F)c(F)c3)CC2)c(C)[nH]1. The Bertz CT molecular complexity index is 847. The minimum Gasteiger partial charge on any atom is -0.362 e. The van der Waals surface area contributed by atoms with Gasteiger partial charge in [-0.3, -0.25) is 9.59 Å². The van der Waals surface area contributed by atoms with Gasteiger partial charge in [0.15, 0.2) is 11.6 Å². The van der Waals surface area contributed by atoms with Crippen molar-refractivity contribution >= 4 is 11.8 Å². The number of halogens is 2. The number of rotatable bonds is 2. The van der Waals surface area contributed by atoms with Crippen LogP contribution in [-0.2, 0) is 0 Å². The maximum atomic E-state index is 13.4. The molecule has 138 valence electrons. The molecule has 1 aliphatic rings. The zero-order chi connectivity index (χ0) is 18.8. The largest absolute Gasteiger partial charge is 0.362 e. The van der Waals surface area contributed by atoms with E-state index in [4.69, 9.17) is 0 Å². The molecule has 0 saturated carbocycles. The molecule has 0 bridgehead atoms. The van der Waals surface area contributed by atoms with Crippen LogP contribution in [0.3, 0.4) is 0 Å². The third kappa shape index (κ3) is 3.61. The minimum atomic E-state index is -1.04. The molecule has 5 nitrogen and oxygen atoms in total. The van der Waals surface area contributed by atoms with Gasteiger partial charge < -0.3 is 14.8 Å². The van der Waals surface area contributed by atoms with Crippen LogP contribution in [0.5, 0.6) is 0 Å². The summed E-state index contributed by atoms with van der Waals surface area (Å²) >= 11 is 0. The van der Waals surface area contributed by atoms with Crippen molar-refractivity contribution in [2.75, 3.05) is 26.2 Å². The summed E-state index contributed by atoms with van der Waals surface area (Å²) < 4.78 is 26.4. The summed E-state index contributed by atoms with van der Waals surface area (Å²) in [6.45, 7) is 5.52. The summed E-state index contributed by atoms with van der Waals surface area (Å²) in [4.78, 5) is 31.7. The maximum absolute atomic E-state index is 13.4. The molecule has 1 aliphatic heterocycles. The van der Waals surface area contributed by atoms with E-state index in [-0.39, 0.29) is 17.4 Å². The number of aromatic amines is 1. The average Bonchev–Trinajstić information content (AvgIpc) is 2.82. The standard InChI is InChI=1S/C19H21F2N3O2/c1-12-10-15(13(2)22-12)19(26)24-7-3-6-23(8-9-24)18(25)14-4-5-16(20)17(21)11-14/h4-5,10-11,22H,3,6-9H2,1-2H3. The summed E-state index contributed by atoms with van der Waals surface area (Å²) in [7, 11) is 0. The molecular formula is C19H21F2N3O2. The highest BCUT2D eigenvalue weighted by Crippen LogP contribution is 2.16. The number of hydrogen-bond donors (Lipinski definition) is 1. The molecule has 1 aromatic carbocycles. The Morgan fingerprint density at radius 3 is 2.15 bits per heavy atom. The van der Waals surface area contributed by atoms with Gasteiger partial charge in [0.2, 0.25) is 0 Å². The predicted octanol–water partition coefficient (Wildman–Crippen LogP) is 2.90. The molecule has 0 aliphatic carbocycles. The van der Waals surface area contributed by atoms with Gasteiger partial charge in [0.05, 0.1) is 5.56 Å². The first-order chi connectivity index (χ1) is 12.4. The van der Waals surface area contributed by atoms with Gasteiger partial charge in [0.25, 0.3) is 11.8 Å². The topological polar surface area (TPSA) is 56.4 Å². The van der Waals surface area contributed by atoms with Gasteiger partial charge in [-0.1, -0.05) is 0 Å². The summed E-state index contributed by atoms with van der Waals surface area (Å²) in [5.74, 6) is -2.44. The van der Waals surface area contributed by atoms with Gasteiger partial charge in [-0.15, -0.1) is 0 Å². The van der Waals surface area contributed by atoms with Crippen LogP contribution >= 0.6 is 0 Å². The molecule has 1 N–H and O–H groups in total. The number of amides is 2. The lowest BCUT2D eigenvalue weighted by Crippen LogP contribution is -2.37. The molecule has 2 amide bonds. The Balaban J connectivity index is 1.69. The highest BCUT2D eigenvalue weighted by atomic mass is 19.2. The molecular weight excluding hydrogens is 340 g/mol. The number of nitrogens with one attached hydrogen (secondary N) is 1. The van der Waals surface area contributed by atoms with Gasteiger partial charge in [-0.25, -0.2) is 8.78 Å². The van der Waals surface area contributed by atoms with Crippen LogP contribution in [0.25, 0.3) is 0 Å². The van der Waals surface area contributed by atoms with Gasteiger partial charge >= 0.3 is 0 Å². The number of carbonyl (C=O) groups excluding carboxylic acids is 2. The van der Waals surface area contributed by atoms with E-state index in [0.29, 0.717) is 38.2 Å². The molecule has 1 fully saturated rings. The molecule has 26 heavy (non-hydrogen) atoms. The number of aryl methyl sites for hydroxylation is 2.